The van der Waals surface area contributed by atoms with Gasteiger partial charge in [0.15, 0.2) is 5.75 Å². The van der Waals surface area contributed by atoms with E-state index < -0.39 is 5.41 Å². The van der Waals surface area contributed by atoms with E-state index >= 15 is 0 Å². The molecule has 0 N–H and O–H groups in total. The molecular weight excluding hydrogens is 799 g/mol. The summed E-state index contributed by atoms with van der Waals surface area (Å²) in [5, 5.41) is 0. The second kappa shape index (κ2) is 13.7. The highest BCUT2D eigenvalue weighted by molar-refractivity contribution is 6.00. The van der Waals surface area contributed by atoms with E-state index in [2.05, 4.69) is 243 Å². The van der Waals surface area contributed by atoms with Crippen LogP contribution in [0, 0.1) is 0 Å². The fourth-order valence-electron chi connectivity index (χ4n) is 12.3. The maximum atomic E-state index is 7.27. The first kappa shape index (κ1) is 37.2. The van der Waals surface area contributed by atoms with Crippen LogP contribution in [0.3, 0.4) is 0 Å². The number of hydrogen-bond donors (Lipinski definition) is 0. The highest BCUT2D eigenvalue weighted by Crippen LogP contribution is 2.62. The number of benzene rings is 10. The molecule has 0 saturated heterocycles. The molecule has 1 aliphatic heterocycles. The zero-order valence-electron chi connectivity index (χ0n) is 36.7. The predicted molar refractivity (Wildman–Crippen MR) is 271 cm³/mol. The number of hydrogen-bond acceptors (Lipinski definition) is 2. The van der Waals surface area contributed by atoms with Gasteiger partial charge in [-0.25, -0.2) is 0 Å². The maximum Gasteiger partial charge on any atom is 0.159 e. The van der Waals surface area contributed by atoms with Gasteiger partial charge in [0.05, 0.1) is 11.1 Å². The predicted octanol–water partition coefficient (Wildman–Crippen LogP) is 16.9. The summed E-state index contributed by atoms with van der Waals surface area (Å²) >= 11 is 0. The van der Waals surface area contributed by atoms with Gasteiger partial charge in [-0.05, 0) is 125 Å². The van der Waals surface area contributed by atoms with Crippen LogP contribution in [-0.2, 0) is 10.8 Å². The van der Waals surface area contributed by atoms with Gasteiger partial charge < -0.3 is 9.64 Å². The summed E-state index contributed by atoms with van der Waals surface area (Å²) in [5.74, 6) is 1.67. The van der Waals surface area contributed by atoms with Crippen LogP contribution in [0.5, 0.6) is 11.5 Å². The van der Waals surface area contributed by atoms with Gasteiger partial charge in [0.1, 0.15) is 5.75 Å². The van der Waals surface area contributed by atoms with E-state index in [-0.39, 0.29) is 5.41 Å². The lowest BCUT2D eigenvalue weighted by molar-refractivity contribution is 0.489. The highest BCUT2D eigenvalue weighted by Gasteiger charge is 2.50. The van der Waals surface area contributed by atoms with Crippen LogP contribution in [-0.4, -0.2) is 0 Å². The molecule has 2 heteroatoms. The molecule has 4 aliphatic rings. The molecule has 0 aromatic heterocycles. The van der Waals surface area contributed by atoms with Crippen LogP contribution in [0.1, 0.15) is 47.2 Å². The molecular formula is C64H43NO. The van der Waals surface area contributed by atoms with E-state index in [1.54, 1.807) is 0 Å². The fraction of sp³-hybridized carbons (Fsp3) is 0.0625. The van der Waals surface area contributed by atoms with E-state index in [0.29, 0.717) is 0 Å². The van der Waals surface area contributed by atoms with Gasteiger partial charge in [-0.3, -0.25) is 0 Å². The third-order valence-electron chi connectivity index (χ3n) is 15.1. The van der Waals surface area contributed by atoms with Crippen molar-refractivity contribution in [2.45, 2.75) is 24.7 Å². The van der Waals surface area contributed by atoms with Crippen molar-refractivity contribution >= 4 is 17.1 Å². The summed E-state index contributed by atoms with van der Waals surface area (Å²) in [7, 11) is 0. The molecule has 0 atom stereocenters. The van der Waals surface area contributed by atoms with Gasteiger partial charge in [-0.2, -0.15) is 0 Å². The van der Waals surface area contributed by atoms with Crippen LogP contribution in [0.25, 0.3) is 66.8 Å². The van der Waals surface area contributed by atoms with Crippen molar-refractivity contribution in [3.8, 4) is 78.3 Å². The van der Waals surface area contributed by atoms with Crippen LogP contribution >= 0.6 is 0 Å². The average molecular weight is 842 g/mol. The van der Waals surface area contributed by atoms with Crippen LogP contribution < -0.4 is 9.64 Å². The molecule has 14 rings (SSSR count). The molecule has 3 aliphatic carbocycles. The average Bonchev–Trinajstić information content (AvgIpc) is 3.68. The van der Waals surface area contributed by atoms with E-state index in [9.17, 15) is 0 Å². The minimum atomic E-state index is -0.564. The van der Waals surface area contributed by atoms with Gasteiger partial charge in [0.25, 0.3) is 0 Å². The smallest absolute Gasteiger partial charge is 0.159 e. The molecule has 0 unspecified atom stereocenters. The first-order valence-electron chi connectivity index (χ1n) is 23.1. The zero-order valence-corrected chi connectivity index (χ0v) is 36.7. The van der Waals surface area contributed by atoms with Crippen molar-refractivity contribution in [2.24, 2.45) is 0 Å². The molecule has 0 saturated carbocycles. The molecule has 1 spiro atoms. The molecule has 1 heterocycles. The minimum absolute atomic E-state index is 0.191. The summed E-state index contributed by atoms with van der Waals surface area (Å²) in [4.78, 5) is 2.46. The molecule has 10 aromatic rings. The second-order valence-electron chi connectivity index (χ2n) is 18.7. The molecule has 66 heavy (non-hydrogen) atoms. The van der Waals surface area contributed by atoms with Crippen LogP contribution in [0.2, 0.25) is 0 Å². The standard InChI is InChI=1S/C64H43NO/c1-63(2)54-28-12-7-23-47(54)50-36-34-41(39-59(50)63)65(60-32-17-27-52-44-20-5-4-19-43(44)51-26-11-16-33-61(51)66-62(52)60)40-35-37-58-53(38-40)45-21-6-3-18-42(45)46-22-8-13-29-55(46)64(58)56-30-14-9-24-48(56)49-25-10-15-31-57(49)64/h3-39H,1-2H3. The molecule has 2 nitrogen and oxygen atoms in total. The summed E-state index contributed by atoms with van der Waals surface area (Å²) in [6.07, 6.45) is 0. The molecule has 0 fully saturated rings. The third-order valence-corrected chi connectivity index (χ3v) is 15.1. The number of nitrogens with zero attached hydrogens (tertiary/aromatic N) is 1. The van der Waals surface area contributed by atoms with Crippen molar-refractivity contribution < 1.29 is 4.74 Å². The first-order chi connectivity index (χ1) is 32.5. The number of anilines is 3. The molecule has 0 amide bonds. The molecule has 0 bridgehead atoms. The number of rotatable bonds is 3. The van der Waals surface area contributed by atoms with Crippen molar-refractivity contribution in [1.82, 2.24) is 0 Å². The normalized spacial score (nSPS) is 14.3. The van der Waals surface area contributed by atoms with Gasteiger partial charge in [-0.15, -0.1) is 0 Å². The summed E-state index contributed by atoms with van der Waals surface area (Å²) in [6, 6.07) is 83.4. The Morgan fingerprint density at radius 1 is 0.303 bits per heavy atom. The highest BCUT2D eigenvalue weighted by atomic mass is 16.5. The first-order valence-corrected chi connectivity index (χ1v) is 23.1. The second-order valence-corrected chi connectivity index (χ2v) is 18.7. The van der Waals surface area contributed by atoms with Gasteiger partial charge >= 0.3 is 0 Å². The van der Waals surface area contributed by atoms with E-state index in [4.69, 9.17) is 4.74 Å². The molecule has 310 valence electrons. The number of ether oxygens (including phenoxy) is 1. The van der Waals surface area contributed by atoms with Crippen molar-refractivity contribution in [1.29, 1.82) is 0 Å². The van der Waals surface area contributed by atoms with Gasteiger partial charge in [0, 0.05) is 27.9 Å². The van der Waals surface area contributed by atoms with Gasteiger partial charge in [0.2, 0.25) is 0 Å². The largest absolute Gasteiger partial charge is 0.454 e. The van der Waals surface area contributed by atoms with E-state index in [0.717, 1.165) is 50.8 Å². The lowest BCUT2D eigenvalue weighted by Crippen LogP contribution is -2.29. The summed E-state index contributed by atoms with van der Waals surface area (Å²) < 4.78 is 7.27. The van der Waals surface area contributed by atoms with E-state index in [1.807, 2.05) is 0 Å². The monoisotopic (exact) mass is 841 g/mol. The Hall–Kier alpha value is -8.20. The number of para-hydroxylation sites is 2. The van der Waals surface area contributed by atoms with E-state index in [1.165, 1.54) is 77.9 Å². The van der Waals surface area contributed by atoms with Crippen LogP contribution in [0.15, 0.2) is 224 Å². The lowest BCUT2D eigenvalue weighted by Gasteiger charge is -2.36. The van der Waals surface area contributed by atoms with Crippen LogP contribution in [0.4, 0.5) is 17.1 Å². The van der Waals surface area contributed by atoms with Crippen molar-refractivity contribution in [2.75, 3.05) is 4.90 Å². The Balaban J connectivity index is 1.08. The minimum Gasteiger partial charge on any atom is -0.454 e. The Morgan fingerprint density at radius 2 is 0.712 bits per heavy atom. The summed E-state index contributed by atoms with van der Waals surface area (Å²) in [5.41, 5.74) is 24.8. The third kappa shape index (κ3) is 4.91. The fourth-order valence-corrected chi connectivity index (χ4v) is 12.3. The number of fused-ring (bicyclic) bond motifs is 20. The van der Waals surface area contributed by atoms with Crippen molar-refractivity contribution in [3.05, 3.63) is 258 Å². The quantitative estimate of drug-likeness (QED) is 0.176. The SMILES string of the molecule is CC1(C)c2ccccc2-c2ccc(N(c3ccc4c(c3)-c3ccccc3-c3ccccc3C43c4ccccc4-c4ccccc43)c3cccc4c3Oc3ccccc3-c3ccccc3-4)cc21. The topological polar surface area (TPSA) is 12.5 Å². The van der Waals surface area contributed by atoms with Crippen molar-refractivity contribution in [3.63, 3.8) is 0 Å². The molecule has 0 radical (unpaired) electrons. The lowest BCUT2D eigenvalue weighted by atomic mass is 9.66. The Morgan fingerprint density at radius 3 is 1.35 bits per heavy atom. The molecule has 10 aromatic carbocycles. The zero-order chi connectivity index (χ0) is 43.7. The Bertz CT molecular complexity index is 3640. The Kier molecular flexibility index (Phi) is 7.70. The summed E-state index contributed by atoms with van der Waals surface area (Å²) in [6.45, 7) is 4.73. The Labute approximate surface area is 385 Å². The maximum absolute atomic E-state index is 7.27. The van der Waals surface area contributed by atoms with Gasteiger partial charge in [-0.1, -0.05) is 202 Å².